The molecular formula is C15H25IN4O2S. The van der Waals surface area contributed by atoms with Crippen LogP contribution in [0, 0.1) is 12.8 Å². The van der Waals surface area contributed by atoms with E-state index in [4.69, 9.17) is 4.74 Å². The predicted octanol–water partition coefficient (Wildman–Crippen LogP) is 2.42. The first kappa shape index (κ1) is 20.1. The van der Waals surface area contributed by atoms with Gasteiger partial charge >= 0.3 is 5.97 Å². The molecular weight excluding hydrogens is 427 g/mol. The second-order valence-corrected chi connectivity index (χ2v) is 6.62. The van der Waals surface area contributed by atoms with Gasteiger partial charge in [0.2, 0.25) is 0 Å². The van der Waals surface area contributed by atoms with E-state index in [1.807, 2.05) is 20.0 Å². The number of carbonyl (C=O) groups is 1. The van der Waals surface area contributed by atoms with Crippen molar-refractivity contribution in [1.82, 2.24) is 15.2 Å². The largest absolute Gasteiger partial charge is 0.466 e. The van der Waals surface area contributed by atoms with E-state index in [9.17, 15) is 4.79 Å². The van der Waals surface area contributed by atoms with Crippen molar-refractivity contribution < 1.29 is 9.53 Å². The van der Waals surface area contributed by atoms with Crippen molar-refractivity contribution in [2.75, 3.05) is 26.7 Å². The Labute approximate surface area is 158 Å². The first-order valence-electron chi connectivity index (χ1n) is 7.67. The lowest BCUT2D eigenvalue weighted by molar-refractivity contribution is -0.149. The Morgan fingerprint density at radius 1 is 1.61 bits per heavy atom. The molecule has 1 saturated heterocycles. The van der Waals surface area contributed by atoms with Gasteiger partial charge in [-0.1, -0.05) is 0 Å². The molecule has 6 nitrogen and oxygen atoms in total. The fourth-order valence-corrected chi connectivity index (χ4v) is 3.32. The van der Waals surface area contributed by atoms with Gasteiger partial charge in [-0.15, -0.1) is 35.3 Å². The van der Waals surface area contributed by atoms with Crippen LogP contribution in [-0.4, -0.2) is 48.6 Å². The van der Waals surface area contributed by atoms with Gasteiger partial charge in [0.1, 0.15) is 5.01 Å². The van der Waals surface area contributed by atoms with Crippen LogP contribution in [-0.2, 0) is 16.1 Å². The summed E-state index contributed by atoms with van der Waals surface area (Å²) in [4.78, 5) is 23.9. The minimum atomic E-state index is -0.0989. The van der Waals surface area contributed by atoms with Gasteiger partial charge in [0.05, 0.1) is 19.1 Å². The van der Waals surface area contributed by atoms with Crippen molar-refractivity contribution in [1.29, 1.82) is 0 Å². The second-order valence-electron chi connectivity index (χ2n) is 5.30. The molecule has 1 aromatic rings. The number of likely N-dealkylation sites (tertiary alicyclic amines) is 1. The van der Waals surface area contributed by atoms with E-state index in [1.54, 1.807) is 18.4 Å². The highest BCUT2D eigenvalue weighted by molar-refractivity contribution is 14.0. The Balaban J connectivity index is 0.00000264. The Kier molecular flexibility index (Phi) is 8.82. The van der Waals surface area contributed by atoms with Crippen LogP contribution >= 0.6 is 35.3 Å². The van der Waals surface area contributed by atoms with Gasteiger partial charge in [0, 0.05) is 31.2 Å². The molecule has 1 unspecified atom stereocenters. The van der Waals surface area contributed by atoms with Gasteiger partial charge in [-0.2, -0.15) is 0 Å². The molecule has 1 aliphatic heterocycles. The quantitative estimate of drug-likeness (QED) is 0.329. The molecule has 1 atom stereocenters. The van der Waals surface area contributed by atoms with Crippen molar-refractivity contribution in [3.05, 3.63) is 16.1 Å². The highest BCUT2D eigenvalue weighted by atomic mass is 127. The van der Waals surface area contributed by atoms with Crippen molar-refractivity contribution in [3.63, 3.8) is 0 Å². The molecule has 1 fully saturated rings. The summed E-state index contributed by atoms with van der Waals surface area (Å²) in [5, 5.41) is 4.37. The number of guanidine groups is 1. The lowest BCUT2D eigenvalue weighted by atomic mass is 9.98. The maximum atomic E-state index is 11.9. The van der Waals surface area contributed by atoms with Crippen LogP contribution in [0.5, 0.6) is 0 Å². The average Bonchev–Trinajstić information content (AvgIpc) is 2.94. The number of carbonyl (C=O) groups excluding carboxylic acids is 1. The molecule has 0 saturated carbocycles. The molecule has 0 aromatic carbocycles. The number of aryl methyl sites for hydroxylation is 1. The highest BCUT2D eigenvalue weighted by Gasteiger charge is 2.28. The van der Waals surface area contributed by atoms with Crippen LogP contribution in [0.15, 0.2) is 11.2 Å². The normalized spacial score (nSPS) is 18.3. The Hall–Kier alpha value is -0.900. The fraction of sp³-hybridized carbons (Fsp3) is 0.667. The Morgan fingerprint density at radius 2 is 2.39 bits per heavy atom. The minimum Gasteiger partial charge on any atom is -0.466 e. The topological polar surface area (TPSA) is 66.8 Å². The predicted molar refractivity (Wildman–Crippen MR) is 103 cm³/mol. The molecule has 0 radical (unpaired) electrons. The maximum absolute atomic E-state index is 11.9. The number of thiazole rings is 1. The molecule has 1 N–H and O–H groups in total. The highest BCUT2D eigenvalue weighted by Crippen LogP contribution is 2.18. The van der Waals surface area contributed by atoms with Crippen LogP contribution in [0.4, 0.5) is 0 Å². The summed E-state index contributed by atoms with van der Waals surface area (Å²) in [7, 11) is 1.77. The van der Waals surface area contributed by atoms with Crippen molar-refractivity contribution in [2.24, 2.45) is 10.9 Å². The van der Waals surface area contributed by atoms with Crippen molar-refractivity contribution in [2.45, 2.75) is 33.2 Å². The van der Waals surface area contributed by atoms with Crippen LogP contribution in [0.1, 0.15) is 29.7 Å². The van der Waals surface area contributed by atoms with Crippen LogP contribution in [0.2, 0.25) is 0 Å². The van der Waals surface area contributed by atoms with E-state index in [0.717, 1.165) is 30.4 Å². The van der Waals surface area contributed by atoms with Crippen LogP contribution in [0.25, 0.3) is 0 Å². The van der Waals surface area contributed by atoms with Crippen LogP contribution < -0.4 is 5.32 Å². The van der Waals surface area contributed by atoms with Gasteiger partial charge in [-0.25, -0.2) is 4.98 Å². The zero-order valence-electron chi connectivity index (χ0n) is 13.9. The lowest BCUT2D eigenvalue weighted by Gasteiger charge is -2.33. The number of rotatable bonds is 4. The number of hydrogen-bond acceptors (Lipinski definition) is 5. The minimum absolute atomic E-state index is 0. The van der Waals surface area contributed by atoms with E-state index in [2.05, 4.69) is 20.2 Å². The molecule has 2 rings (SSSR count). The number of piperidine rings is 1. The summed E-state index contributed by atoms with van der Waals surface area (Å²) >= 11 is 1.68. The first-order valence-corrected chi connectivity index (χ1v) is 8.49. The number of aromatic nitrogens is 1. The van der Waals surface area contributed by atoms with Crippen molar-refractivity contribution in [3.8, 4) is 0 Å². The molecule has 0 amide bonds. The fourth-order valence-electron chi connectivity index (χ4n) is 2.59. The standard InChI is InChI=1S/C15H24N4O2S.HI/c1-4-21-14(20)12-6-5-7-19(10-12)15(16-3)18-9-13-17-8-11(2)22-13;/h8,12H,4-7,9-10H2,1-3H3,(H,16,18);1H. The molecule has 8 heteroatoms. The van der Waals surface area contributed by atoms with E-state index in [-0.39, 0.29) is 35.9 Å². The lowest BCUT2D eigenvalue weighted by Crippen LogP contribution is -2.48. The summed E-state index contributed by atoms with van der Waals surface area (Å²) in [6.45, 7) is 6.55. The number of nitrogens with zero attached hydrogens (tertiary/aromatic N) is 3. The number of halogens is 1. The summed E-state index contributed by atoms with van der Waals surface area (Å²) in [5.74, 6) is 0.661. The van der Waals surface area contributed by atoms with E-state index in [0.29, 0.717) is 19.7 Å². The molecule has 1 aromatic heterocycles. The number of ether oxygens (including phenoxy) is 1. The number of nitrogens with one attached hydrogen (secondary N) is 1. The second kappa shape index (κ2) is 10.1. The summed E-state index contributed by atoms with van der Waals surface area (Å²) in [6.07, 6.45) is 3.74. The van der Waals surface area contributed by atoms with E-state index in [1.165, 1.54) is 4.88 Å². The molecule has 0 aliphatic carbocycles. The third-order valence-electron chi connectivity index (χ3n) is 3.62. The van der Waals surface area contributed by atoms with Gasteiger partial charge in [0.25, 0.3) is 0 Å². The third kappa shape index (κ3) is 5.91. The SMILES string of the molecule is CCOC(=O)C1CCCN(C(=NC)NCc2ncc(C)s2)C1.I. The smallest absolute Gasteiger partial charge is 0.310 e. The van der Waals surface area contributed by atoms with E-state index >= 15 is 0 Å². The molecule has 2 heterocycles. The number of esters is 1. The molecule has 0 bridgehead atoms. The summed E-state index contributed by atoms with van der Waals surface area (Å²) in [5.41, 5.74) is 0. The summed E-state index contributed by atoms with van der Waals surface area (Å²) in [6, 6.07) is 0. The molecule has 1 aliphatic rings. The molecule has 0 spiro atoms. The third-order valence-corrected chi connectivity index (χ3v) is 4.53. The summed E-state index contributed by atoms with van der Waals surface area (Å²) < 4.78 is 5.14. The van der Waals surface area contributed by atoms with Gasteiger partial charge in [-0.3, -0.25) is 9.79 Å². The average molecular weight is 452 g/mol. The van der Waals surface area contributed by atoms with Gasteiger partial charge < -0.3 is 15.0 Å². The van der Waals surface area contributed by atoms with Gasteiger partial charge in [0.15, 0.2) is 5.96 Å². The van der Waals surface area contributed by atoms with E-state index < -0.39 is 0 Å². The van der Waals surface area contributed by atoms with Gasteiger partial charge in [-0.05, 0) is 26.7 Å². The Bertz CT molecular complexity index is 535. The zero-order valence-corrected chi connectivity index (χ0v) is 17.0. The first-order chi connectivity index (χ1) is 10.6. The monoisotopic (exact) mass is 452 g/mol. The molecule has 130 valence electrons. The zero-order chi connectivity index (χ0) is 15.9. The number of aliphatic imine (C=N–C) groups is 1. The molecule has 23 heavy (non-hydrogen) atoms. The van der Waals surface area contributed by atoms with Crippen LogP contribution in [0.3, 0.4) is 0 Å². The maximum Gasteiger partial charge on any atom is 0.310 e. The van der Waals surface area contributed by atoms with Crippen molar-refractivity contribution >= 4 is 47.2 Å². The number of hydrogen-bond donors (Lipinski definition) is 1. The Morgan fingerprint density at radius 3 is 3.00 bits per heavy atom.